The molecule has 5 heteroatoms. The van der Waals surface area contributed by atoms with Crippen LogP contribution in [0.2, 0.25) is 0 Å². The van der Waals surface area contributed by atoms with Crippen molar-refractivity contribution >= 4 is 53.3 Å². The van der Waals surface area contributed by atoms with Gasteiger partial charge in [-0.05, 0) is 81.0 Å². The molecule has 3 heterocycles. The van der Waals surface area contributed by atoms with Crippen molar-refractivity contribution in [2.75, 3.05) is 0 Å². The summed E-state index contributed by atoms with van der Waals surface area (Å²) in [5.74, 6) is 2.00. The van der Waals surface area contributed by atoms with Crippen molar-refractivity contribution < 1.29 is 0 Å². The van der Waals surface area contributed by atoms with E-state index in [9.17, 15) is 0 Å². The van der Waals surface area contributed by atoms with Crippen LogP contribution in [-0.4, -0.2) is 19.5 Å². The van der Waals surface area contributed by atoms with Crippen LogP contribution in [0, 0.1) is 5.41 Å². The van der Waals surface area contributed by atoms with E-state index in [1.807, 2.05) is 47.7 Å². The van der Waals surface area contributed by atoms with Gasteiger partial charge in [-0.25, -0.2) is 15.0 Å². The first kappa shape index (κ1) is 35.7. The molecule has 4 nitrogen and oxygen atoms in total. The van der Waals surface area contributed by atoms with E-state index < -0.39 is 0 Å². The number of aromatic nitrogens is 4. The van der Waals surface area contributed by atoms with Gasteiger partial charge >= 0.3 is 0 Å². The number of thiophene rings is 1. The van der Waals surface area contributed by atoms with Gasteiger partial charge < -0.3 is 4.57 Å². The summed E-state index contributed by atoms with van der Waals surface area (Å²) in [6.07, 6.45) is 0. The van der Waals surface area contributed by atoms with Gasteiger partial charge in [0.1, 0.15) is 0 Å². The first-order valence-corrected chi connectivity index (χ1v) is 21.4. The summed E-state index contributed by atoms with van der Waals surface area (Å²) < 4.78 is 4.97. The third-order valence-electron chi connectivity index (χ3n) is 14.1. The molecule has 0 fully saturated rings. The first-order valence-electron chi connectivity index (χ1n) is 20.5. The summed E-state index contributed by atoms with van der Waals surface area (Å²) in [5, 5.41) is 4.89. The van der Waals surface area contributed by atoms with Crippen LogP contribution >= 0.6 is 11.3 Å². The standard InChI is InChI=1S/C54H44N4S/c1-52(2)41-23-16-25-44(48(41)53(3,4)54(52,5)6)58-42-24-14-13-21-37(42)39-31-35(27-29-43(39)58)36-28-30-45-40(32-36)47-38(22-15-26-46(47)59-45)51-56-49(33-17-9-7-10-18-33)55-50(57-51)34-19-11-8-12-20-34/h7-32H,1-6H3. The number of hydrogen-bond acceptors (Lipinski definition) is 4. The topological polar surface area (TPSA) is 43.6 Å². The molecule has 0 unspecified atom stereocenters. The third kappa shape index (κ3) is 5.17. The first-order chi connectivity index (χ1) is 28.5. The molecule has 0 atom stereocenters. The smallest absolute Gasteiger partial charge is 0.164 e. The van der Waals surface area contributed by atoms with Crippen LogP contribution in [0.5, 0.6) is 0 Å². The van der Waals surface area contributed by atoms with Gasteiger partial charge in [-0.2, -0.15) is 0 Å². The molecule has 0 saturated carbocycles. The number of hydrogen-bond donors (Lipinski definition) is 0. The molecule has 0 saturated heterocycles. The van der Waals surface area contributed by atoms with E-state index in [1.54, 1.807) is 0 Å². The van der Waals surface area contributed by atoms with Gasteiger partial charge in [0.05, 0.1) is 16.7 Å². The maximum atomic E-state index is 5.13. The van der Waals surface area contributed by atoms with Gasteiger partial charge in [0.25, 0.3) is 0 Å². The van der Waals surface area contributed by atoms with E-state index in [0.29, 0.717) is 17.5 Å². The van der Waals surface area contributed by atoms with Gasteiger partial charge in [0.2, 0.25) is 0 Å². The second-order valence-electron chi connectivity index (χ2n) is 17.7. The monoisotopic (exact) mass is 780 g/mol. The molecule has 59 heavy (non-hydrogen) atoms. The van der Waals surface area contributed by atoms with Crippen LogP contribution in [-0.2, 0) is 10.8 Å². The minimum atomic E-state index is -0.0365. The predicted molar refractivity (Wildman–Crippen MR) is 249 cm³/mol. The lowest BCUT2D eigenvalue weighted by atomic mass is 9.59. The van der Waals surface area contributed by atoms with Gasteiger partial charge in [-0.3, -0.25) is 0 Å². The van der Waals surface area contributed by atoms with Crippen LogP contribution in [0.4, 0.5) is 0 Å². The number of rotatable bonds is 5. The fourth-order valence-electron chi connectivity index (χ4n) is 9.87. The number of nitrogens with zero attached hydrogens (tertiary/aromatic N) is 4. The fourth-order valence-corrected chi connectivity index (χ4v) is 11.0. The van der Waals surface area contributed by atoms with Crippen molar-refractivity contribution in [2.24, 2.45) is 5.41 Å². The molecule has 11 rings (SSSR count). The molecule has 286 valence electrons. The van der Waals surface area contributed by atoms with Gasteiger partial charge in [-0.15, -0.1) is 11.3 Å². The largest absolute Gasteiger partial charge is 0.309 e. The molecule has 0 bridgehead atoms. The third-order valence-corrected chi connectivity index (χ3v) is 15.3. The van der Waals surface area contributed by atoms with Crippen LogP contribution in [0.1, 0.15) is 52.7 Å². The Morgan fingerprint density at radius 1 is 0.441 bits per heavy atom. The Kier molecular flexibility index (Phi) is 7.74. The zero-order valence-electron chi connectivity index (χ0n) is 34.2. The molecule has 0 N–H and O–H groups in total. The summed E-state index contributed by atoms with van der Waals surface area (Å²) >= 11 is 1.82. The van der Waals surface area contributed by atoms with Crippen LogP contribution in [0.3, 0.4) is 0 Å². The van der Waals surface area contributed by atoms with E-state index >= 15 is 0 Å². The van der Waals surface area contributed by atoms with Crippen molar-refractivity contribution in [3.63, 3.8) is 0 Å². The van der Waals surface area contributed by atoms with Crippen molar-refractivity contribution in [1.82, 2.24) is 19.5 Å². The highest BCUT2D eigenvalue weighted by molar-refractivity contribution is 7.26. The Balaban J connectivity index is 1.09. The highest BCUT2D eigenvalue weighted by Gasteiger charge is 2.57. The Morgan fingerprint density at radius 3 is 1.75 bits per heavy atom. The lowest BCUT2D eigenvalue weighted by Crippen LogP contribution is -2.42. The Hall–Kier alpha value is -6.43. The molecular weight excluding hydrogens is 737 g/mol. The summed E-state index contributed by atoms with van der Waals surface area (Å²) in [7, 11) is 0. The van der Waals surface area contributed by atoms with Crippen molar-refractivity contribution in [2.45, 2.75) is 52.4 Å². The quantitative estimate of drug-likeness (QED) is 0.175. The van der Waals surface area contributed by atoms with Gasteiger partial charge in [-0.1, -0.05) is 157 Å². The molecular formula is C54H44N4S. The summed E-state index contributed by atoms with van der Waals surface area (Å²) in [6.45, 7) is 14.6. The van der Waals surface area contributed by atoms with E-state index in [-0.39, 0.29) is 16.2 Å². The molecule has 0 amide bonds. The molecule has 0 aliphatic heterocycles. The van der Waals surface area contributed by atoms with E-state index in [1.165, 1.54) is 69.9 Å². The Morgan fingerprint density at radius 2 is 1.03 bits per heavy atom. The Bertz CT molecular complexity index is 3240. The van der Waals surface area contributed by atoms with Crippen LogP contribution in [0.25, 0.3) is 93.0 Å². The highest BCUT2D eigenvalue weighted by Crippen LogP contribution is 2.63. The summed E-state index contributed by atoms with van der Waals surface area (Å²) in [5.41, 5.74) is 12.0. The Labute approximate surface area is 348 Å². The van der Waals surface area contributed by atoms with Crippen molar-refractivity contribution in [3.8, 4) is 51.0 Å². The average molecular weight is 781 g/mol. The van der Waals surface area contributed by atoms with E-state index in [0.717, 1.165) is 16.7 Å². The summed E-state index contributed by atoms with van der Waals surface area (Å²) in [4.78, 5) is 15.2. The zero-order valence-corrected chi connectivity index (χ0v) is 35.0. The van der Waals surface area contributed by atoms with Gasteiger partial charge in [0, 0.05) is 47.6 Å². The number of para-hydroxylation sites is 1. The minimum absolute atomic E-state index is 0.0238. The molecule has 10 aromatic rings. The van der Waals surface area contributed by atoms with Crippen molar-refractivity contribution in [1.29, 1.82) is 0 Å². The molecule has 0 spiro atoms. The fraction of sp³-hybridized carbons (Fsp3) is 0.167. The second-order valence-corrected chi connectivity index (χ2v) is 18.8. The predicted octanol–water partition coefficient (Wildman–Crippen LogP) is 14.6. The normalized spacial score (nSPS) is 15.4. The molecule has 3 aromatic heterocycles. The second kappa shape index (κ2) is 12.8. The van der Waals surface area contributed by atoms with Gasteiger partial charge in [0.15, 0.2) is 17.5 Å². The molecule has 7 aromatic carbocycles. The SMILES string of the molecule is CC1(C)c2cccc(-n3c4ccccc4c4cc(-c5ccc6sc7cccc(-c8nc(-c9ccccc9)nc(-c9ccccc9)n8)c7c6c5)ccc43)c2C(C)(C)C1(C)C. The van der Waals surface area contributed by atoms with Crippen LogP contribution < -0.4 is 0 Å². The number of benzene rings is 7. The highest BCUT2D eigenvalue weighted by atomic mass is 32.1. The lowest BCUT2D eigenvalue weighted by molar-refractivity contribution is 0.125. The minimum Gasteiger partial charge on any atom is -0.309 e. The zero-order chi connectivity index (χ0) is 40.3. The van der Waals surface area contributed by atoms with E-state index in [4.69, 9.17) is 15.0 Å². The van der Waals surface area contributed by atoms with Crippen molar-refractivity contribution in [3.05, 3.63) is 169 Å². The maximum Gasteiger partial charge on any atom is 0.164 e. The molecule has 0 radical (unpaired) electrons. The average Bonchev–Trinajstić information content (AvgIpc) is 3.84. The maximum absolute atomic E-state index is 5.13. The molecule has 1 aliphatic carbocycles. The van der Waals surface area contributed by atoms with E-state index in [2.05, 4.69) is 167 Å². The number of fused-ring (bicyclic) bond motifs is 7. The molecule has 1 aliphatic rings. The lowest BCUT2D eigenvalue weighted by Gasteiger charge is -2.44. The summed E-state index contributed by atoms with van der Waals surface area (Å²) in [6, 6.07) is 56.7. The van der Waals surface area contributed by atoms with Crippen LogP contribution in [0.15, 0.2) is 158 Å².